The molecular formula is C25H33N3O5P2S. The third-order valence-corrected chi connectivity index (χ3v) is 9.84. The van der Waals surface area contributed by atoms with Gasteiger partial charge in [0.25, 0.3) is 0 Å². The second-order valence-corrected chi connectivity index (χ2v) is 12.7. The first-order valence-electron chi connectivity index (χ1n) is 11.4. The smallest absolute Gasteiger partial charge is 0.351 e. The molecule has 0 aliphatic heterocycles. The highest BCUT2D eigenvalue weighted by atomic mass is 32.4. The second kappa shape index (κ2) is 13.9. The molecule has 0 fully saturated rings. The minimum atomic E-state index is -3.43. The summed E-state index contributed by atoms with van der Waals surface area (Å²) in [4.78, 5) is 0. The molecular weight excluding hydrogens is 516 g/mol. The summed E-state index contributed by atoms with van der Waals surface area (Å²) in [6, 6.07) is 14.9. The Hall–Kier alpha value is -2.25. The van der Waals surface area contributed by atoms with Crippen LogP contribution in [0, 0.1) is 0 Å². The van der Waals surface area contributed by atoms with Crippen LogP contribution in [0.2, 0.25) is 0 Å². The maximum Gasteiger partial charge on any atom is 0.351 e. The maximum absolute atomic E-state index is 13.3. The first-order valence-corrected chi connectivity index (χ1v) is 15.5. The Morgan fingerprint density at radius 3 is 2.36 bits per heavy atom. The minimum absolute atomic E-state index is 0.584. The largest absolute Gasteiger partial charge is 0.497 e. The molecule has 0 amide bonds. The fourth-order valence-electron chi connectivity index (χ4n) is 3.50. The van der Waals surface area contributed by atoms with E-state index >= 15 is 0 Å². The Morgan fingerprint density at radius 2 is 1.78 bits per heavy atom. The van der Waals surface area contributed by atoms with Crippen molar-refractivity contribution in [2.24, 2.45) is 5.10 Å². The molecule has 3 rings (SSSR count). The first-order chi connectivity index (χ1) is 17.4. The van der Waals surface area contributed by atoms with Crippen LogP contribution in [0.1, 0.15) is 29.8 Å². The van der Waals surface area contributed by atoms with Crippen LogP contribution in [-0.2, 0) is 25.4 Å². The molecule has 1 aliphatic rings. The normalized spacial score (nSPS) is 15.4. The molecule has 0 saturated carbocycles. The summed E-state index contributed by atoms with van der Waals surface area (Å²) in [5.74, 6) is 0.768. The van der Waals surface area contributed by atoms with Crippen molar-refractivity contribution in [3.05, 3.63) is 83.5 Å². The molecule has 11 heteroatoms. The molecule has 2 aromatic carbocycles. The zero-order chi connectivity index (χ0) is 26.0. The molecule has 0 bridgehead atoms. The zero-order valence-electron chi connectivity index (χ0n) is 20.9. The summed E-state index contributed by atoms with van der Waals surface area (Å²) < 4.78 is 36.7. The van der Waals surface area contributed by atoms with Gasteiger partial charge in [0.05, 0.1) is 13.3 Å². The van der Waals surface area contributed by atoms with Crippen LogP contribution >= 0.6 is 14.7 Å². The third kappa shape index (κ3) is 7.87. The van der Waals surface area contributed by atoms with E-state index in [9.17, 15) is 4.57 Å². The van der Waals surface area contributed by atoms with Crippen LogP contribution in [0.15, 0.2) is 77.4 Å². The number of benzene rings is 2. The van der Waals surface area contributed by atoms with Gasteiger partial charge in [0.15, 0.2) is 0 Å². The van der Waals surface area contributed by atoms with Gasteiger partial charge in [-0.05, 0) is 72.2 Å². The van der Waals surface area contributed by atoms with Crippen molar-refractivity contribution >= 4 is 32.7 Å². The Bertz CT molecular complexity index is 1150. The molecule has 0 radical (unpaired) electrons. The number of hydrazone groups is 1. The van der Waals surface area contributed by atoms with Gasteiger partial charge >= 0.3 is 7.60 Å². The summed E-state index contributed by atoms with van der Waals surface area (Å²) >= 11 is 5.56. The average molecular weight is 550 g/mol. The standard InChI is InChI=1S/C25H33N3O5P2S/c1-28(27-19-21-10-14-23(30-2)15-11-21)34(36)33-24-16-12-22(13-17-24)25(35(29,31-3)32-4)26-18-20-8-6-5-7-9-20/h5-6,8,10-17,19,25-26,34H,7,9,18H2,1-4H3/b27-19+. The Kier molecular flexibility index (Phi) is 10.9. The average Bonchev–Trinajstić information content (AvgIpc) is 2.93. The van der Waals surface area contributed by atoms with E-state index in [1.165, 1.54) is 19.8 Å². The molecule has 0 aromatic heterocycles. The summed E-state index contributed by atoms with van der Waals surface area (Å²) in [6.45, 7) is 0.584. The molecule has 0 heterocycles. The first kappa shape index (κ1) is 28.3. The summed E-state index contributed by atoms with van der Waals surface area (Å²) in [6.07, 6.45) is 9.94. The topological polar surface area (TPSA) is 81.6 Å². The van der Waals surface area contributed by atoms with Crippen molar-refractivity contribution in [1.29, 1.82) is 0 Å². The van der Waals surface area contributed by atoms with E-state index in [0.29, 0.717) is 12.3 Å². The van der Waals surface area contributed by atoms with Gasteiger partial charge in [0, 0.05) is 27.8 Å². The highest BCUT2D eigenvalue weighted by Gasteiger charge is 2.35. The molecule has 8 nitrogen and oxygen atoms in total. The fraction of sp³-hybridized carbons (Fsp3) is 0.320. The van der Waals surface area contributed by atoms with Gasteiger partial charge in [-0.15, -0.1) is 0 Å². The molecule has 1 N–H and O–H groups in total. The highest BCUT2D eigenvalue weighted by Crippen LogP contribution is 2.58. The lowest BCUT2D eigenvalue weighted by Crippen LogP contribution is -2.25. The van der Waals surface area contributed by atoms with Gasteiger partial charge in [0.1, 0.15) is 17.3 Å². The van der Waals surface area contributed by atoms with Gasteiger partial charge in [-0.1, -0.05) is 35.9 Å². The molecule has 1 aliphatic carbocycles. The Balaban J connectivity index is 1.66. The Morgan fingerprint density at radius 1 is 1.11 bits per heavy atom. The predicted molar refractivity (Wildman–Crippen MR) is 150 cm³/mol. The quantitative estimate of drug-likeness (QED) is 0.188. The van der Waals surface area contributed by atoms with Crippen LogP contribution in [0.3, 0.4) is 0 Å². The lowest BCUT2D eigenvalue weighted by Gasteiger charge is -2.26. The van der Waals surface area contributed by atoms with Gasteiger partial charge in [0.2, 0.25) is 7.07 Å². The van der Waals surface area contributed by atoms with Crippen molar-refractivity contribution < 1.29 is 22.9 Å². The molecule has 36 heavy (non-hydrogen) atoms. The Labute approximate surface area is 219 Å². The maximum atomic E-state index is 13.3. The van der Waals surface area contributed by atoms with E-state index in [-0.39, 0.29) is 0 Å². The summed E-state index contributed by atoms with van der Waals surface area (Å²) in [7, 11) is 0.946. The molecule has 0 saturated heterocycles. The molecule has 2 unspecified atom stereocenters. The number of allylic oxidation sites excluding steroid dienone is 3. The molecule has 2 atom stereocenters. The number of rotatable bonds is 13. The van der Waals surface area contributed by atoms with E-state index in [1.807, 2.05) is 42.5 Å². The van der Waals surface area contributed by atoms with Crippen molar-refractivity contribution in [2.75, 3.05) is 34.9 Å². The highest BCUT2D eigenvalue weighted by molar-refractivity contribution is 8.02. The van der Waals surface area contributed by atoms with E-state index in [4.69, 9.17) is 30.1 Å². The van der Waals surface area contributed by atoms with E-state index in [2.05, 4.69) is 22.6 Å². The lowest BCUT2D eigenvalue weighted by atomic mass is 10.1. The molecule has 0 spiro atoms. The minimum Gasteiger partial charge on any atom is -0.497 e. The van der Waals surface area contributed by atoms with Crippen molar-refractivity contribution in [3.8, 4) is 11.5 Å². The van der Waals surface area contributed by atoms with E-state index in [1.54, 1.807) is 37.3 Å². The predicted octanol–water partition coefficient (Wildman–Crippen LogP) is 5.90. The number of methoxy groups -OCH3 is 1. The van der Waals surface area contributed by atoms with E-state index < -0.39 is 20.5 Å². The summed E-state index contributed by atoms with van der Waals surface area (Å²) in [5, 5.41) is 7.77. The number of nitrogens with zero attached hydrogens (tertiary/aromatic N) is 2. The third-order valence-electron chi connectivity index (χ3n) is 5.61. The van der Waals surface area contributed by atoms with E-state index in [0.717, 1.165) is 29.7 Å². The van der Waals surface area contributed by atoms with Gasteiger partial charge in [-0.25, -0.2) is 4.78 Å². The fourth-order valence-corrected chi connectivity index (χ4v) is 5.98. The van der Waals surface area contributed by atoms with Crippen molar-refractivity contribution in [1.82, 2.24) is 10.1 Å². The van der Waals surface area contributed by atoms with Crippen molar-refractivity contribution in [2.45, 2.75) is 18.6 Å². The van der Waals surface area contributed by atoms with Crippen LogP contribution in [-0.4, -0.2) is 45.9 Å². The zero-order valence-corrected chi connectivity index (χ0v) is 23.6. The van der Waals surface area contributed by atoms with Gasteiger partial charge < -0.3 is 18.3 Å². The van der Waals surface area contributed by atoms with Crippen LogP contribution in [0.4, 0.5) is 0 Å². The molecule has 194 valence electrons. The van der Waals surface area contributed by atoms with Gasteiger partial charge in [-0.3, -0.25) is 9.88 Å². The number of ether oxygens (including phenoxy) is 1. The van der Waals surface area contributed by atoms with Gasteiger partial charge in [-0.2, -0.15) is 5.10 Å². The lowest BCUT2D eigenvalue weighted by molar-refractivity contribution is 0.260. The van der Waals surface area contributed by atoms with Crippen LogP contribution in [0.5, 0.6) is 11.5 Å². The summed E-state index contributed by atoms with van der Waals surface area (Å²) in [5.41, 5.74) is 2.93. The molecule has 2 aromatic rings. The number of hydrogen-bond donors (Lipinski definition) is 1. The number of nitrogens with one attached hydrogen (secondary N) is 1. The SMILES string of the molecule is COc1ccc(/C=N/N(C)[PH](=S)Oc2ccc(C(NCC3=CC=CCC3)P(=O)(OC)OC)cc2)cc1. The van der Waals surface area contributed by atoms with Crippen LogP contribution < -0.4 is 14.6 Å². The second-order valence-electron chi connectivity index (χ2n) is 7.96. The van der Waals surface area contributed by atoms with Crippen molar-refractivity contribution in [3.63, 3.8) is 0 Å². The monoisotopic (exact) mass is 549 g/mol. The number of hydrogen-bond acceptors (Lipinski definition) is 8. The van der Waals surface area contributed by atoms with Crippen LogP contribution in [0.25, 0.3) is 0 Å².